The maximum absolute atomic E-state index is 13.0. The number of hydrogen-bond acceptors (Lipinski definition) is 3. The molecule has 1 amide bonds. The molecule has 22 heavy (non-hydrogen) atoms. The largest absolute Gasteiger partial charge is 0.391 e. The molecule has 0 unspecified atom stereocenters. The van der Waals surface area contributed by atoms with Gasteiger partial charge in [0.25, 0.3) is 5.91 Å². The third kappa shape index (κ3) is 2.78. The smallest absolute Gasteiger partial charge is 0.255 e. The number of nitrogens with one attached hydrogen (secondary N) is 1. The van der Waals surface area contributed by atoms with Gasteiger partial charge in [-0.05, 0) is 30.2 Å². The van der Waals surface area contributed by atoms with Gasteiger partial charge in [-0.25, -0.2) is 4.39 Å². The minimum absolute atomic E-state index is 0.208. The predicted molar refractivity (Wildman–Crippen MR) is 77.9 cm³/mol. The summed E-state index contributed by atoms with van der Waals surface area (Å²) in [5.74, 6) is -0.622. The molecule has 1 fully saturated rings. The number of pyridine rings is 1. The molecule has 114 valence electrons. The lowest BCUT2D eigenvalue weighted by atomic mass is 10.0. The number of rotatable bonds is 2. The van der Waals surface area contributed by atoms with E-state index in [-0.39, 0.29) is 29.9 Å². The second-order valence-electron chi connectivity index (χ2n) is 5.36. The molecule has 2 N–H and O–H groups in total. The second kappa shape index (κ2) is 5.73. The van der Waals surface area contributed by atoms with Crippen LogP contribution in [-0.2, 0) is 0 Å². The summed E-state index contributed by atoms with van der Waals surface area (Å²) in [6, 6.07) is 8.33. The van der Waals surface area contributed by atoms with Crippen molar-refractivity contribution in [1.82, 2.24) is 9.88 Å². The molecule has 5 nitrogen and oxygen atoms in total. The molecule has 1 aromatic carbocycles. The van der Waals surface area contributed by atoms with Crippen LogP contribution >= 0.6 is 0 Å². The summed E-state index contributed by atoms with van der Waals surface area (Å²) in [6.45, 7) is 0.208. The van der Waals surface area contributed by atoms with Gasteiger partial charge in [-0.3, -0.25) is 9.59 Å². The third-order valence-electron chi connectivity index (χ3n) is 3.83. The Morgan fingerprint density at radius 2 is 1.95 bits per heavy atom. The fourth-order valence-corrected chi connectivity index (χ4v) is 2.75. The highest BCUT2D eigenvalue weighted by atomic mass is 19.1. The minimum Gasteiger partial charge on any atom is -0.391 e. The molecule has 2 heterocycles. The molecule has 0 saturated carbocycles. The van der Waals surface area contributed by atoms with Crippen molar-refractivity contribution < 1.29 is 14.3 Å². The van der Waals surface area contributed by atoms with E-state index in [0.717, 1.165) is 5.56 Å². The van der Waals surface area contributed by atoms with E-state index in [2.05, 4.69) is 4.98 Å². The molecule has 0 spiro atoms. The normalized spacial score (nSPS) is 21.1. The van der Waals surface area contributed by atoms with Crippen molar-refractivity contribution in [2.75, 3.05) is 6.54 Å². The SMILES string of the molecule is O=C(c1ccc(=O)[nH]c1)N1C[C@@H](O)C[C@H]1c1ccc(F)cc1. The first-order chi connectivity index (χ1) is 10.5. The van der Waals surface area contributed by atoms with Crippen LogP contribution in [0.2, 0.25) is 0 Å². The van der Waals surface area contributed by atoms with Gasteiger partial charge in [0, 0.05) is 18.8 Å². The summed E-state index contributed by atoms with van der Waals surface area (Å²) in [4.78, 5) is 27.7. The van der Waals surface area contributed by atoms with Gasteiger partial charge in [0.2, 0.25) is 5.56 Å². The fourth-order valence-electron chi connectivity index (χ4n) is 2.75. The number of likely N-dealkylation sites (tertiary alicyclic amines) is 1. The zero-order valence-electron chi connectivity index (χ0n) is 11.7. The molecule has 0 bridgehead atoms. The van der Waals surface area contributed by atoms with E-state index in [1.54, 1.807) is 17.0 Å². The van der Waals surface area contributed by atoms with Crippen LogP contribution in [0.15, 0.2) is 47.4 Å². The Hall–Kier alpha value is -2.47. The average molecular weight is 302 g/mol. The first kappa shape index (κ1) is 14.5. The lowest BCUT2D eigenvalue weighted by Gasteiger charge is -2.24. The van der Waals surface area contributed by atoms with Crippen LogP contribution in [0.5, 0.6) is 0 Å². The van der Waals surface area contributed by atoms with Gasteiger partial charge >= 0.3 is 0 Å². The van der Waals surface area contributed by atoms with Gasteiger partial charge in [-0.1, -0.05) is 12.1 Å². The Balaban J connectivity index is 1.90. The monoisotopic (exact) mass is 302 g/mol. The van der Waals surface area contributed by atoms with Crippen molar-refractivity contribution >= 4 is 5.91 Å². The molecular weight excluding hydrogens is 287 g/mol. The molecule has 1 saturated heterocycles. The van der Waals surface area contributed by atoms with Gasteiger partial charge in [-0.2, -0.15) is 0 Å². The number of aliphatic hydroxyl groups excluding tert-OH is 1. The quantitative estimate of drug-likeness (QED) is 0.882. The van der Waals surface area contributed by atoms with E-state index in [1.165, 1.54) is 30.5 Å². The molecular formula is C16H15FN2O3. The topological polar surface area (TPSA) is 73.4 Å². The number of aromatic amines is 1. The lowest BCUT2D eigenvalue weighted by Crippen LogP contribution is -2.32. The molecule has 3 rings (SSSR count). The molecule has 6 heteroatoms. The number of β-amino-alcohol motifs (C(OH)–C–C–N with tert-alkyl or cyclic N) is 1. The highest BCUT2D eigenvalue weighted by molar-refractivity contribution is 5.94. The summed E-state index contributed by atoms with van der Waals surface area (Å²) in [6.07, 6.45) is 1.14. The van der Waals surface area contributed by atoms with Crippen molar-refractivity contribution in [2.24, 2.45) is 0 Å². The van der Waals surface area contributed by atoms with Crippen LogP contribution in [0.1, 0.15) is 28.4 Å². The van der Waals surface area contributed by atoms with E-state index < -0.39 is 6.10 Å². The summed E-state index contributed by atoms with van der Waals surface area (Å²) < 4.78 is 13.0. The Labute approximate surface area is 126 Å². The molecule has 1 aliphatic heterocycles. The number of nitrogens with zero attached hydrogens (tertiary/aromatic N) is 1. The first-order valence-electron chi connectivity index (χ1n) is 6.98. The minimum atomic E-state index is -0.623. The maximum Gasteiger partial charge on any atom is 0.255 e. The summed E-state index contributed by atoms with van der Waals surface area (Å²) in [5.41, 5.74) is 0.838. The van der Waals surface area contributed by atoms with Crippen LogP contribution in [0, 0.1) is 5.82 Å². The van der Waals surface area contributed by atoms with Crippen molar-refractivity contribution in [3.8, 4) is 0 Å². The van der Waals surface area contributed by atoms with Crippen LogP contribution in [0.4, 0.5) is 4.39 Å². The standard InChI is InChI=1S/C16H15FN2O3/c17-12-4-1-10(2-5-12)14-7-13(20)9-19(14)16(22)11-3-6-15(21)18-8-11/h1-6,8,13-14,20H,7,9H2,(H,18,21)/t13-,14-/m0/s1. The van der Waals surface area contributed by atoms with Crippen molar-refractivity contribution in [1.29, 1.82) is 0 Å². The van der Waals surface area contributed by atoms with E-state index in [1.807, 2.05) is 0 Å². The van der Waals surface area contributed by atoms with E-state index in [0.29, 0.717) is 12.0 Å². The van der Waals surface area contributed by atoms with Crippen molar-refractivity contribution in [3.63, 3.8) is 0 Å². The van der Waals surface area contributed by atoms with Crippen LogP contribution in [0.3, 0.4) is 0 Å². The number of halogens is 1. The van der Waals surface area contributed by atoms with Gasteiger partial charge in [-0.15, -0.1) is 0 Å². The van der Waals surface area contributed by atoms with Gasteiger partial charge < -0.3 is 15.0 Å². The molecule has 1 aliphatic rings. The number of carbonyl (C=O) groups excluding carboxylic acids is 1. The van der Waals surface area contributed by atoms with Gasteiger partial charge in [0.05, 0.1) is 17.7 Å². The van der Waals surface area contributed by atoms with Gasteiger partial charge in [0.15, 0.2) is 0 Å². The van der Waals surface area contributed by atoms with Crippen molar-refractivity contribution in [2.45, 2.75) is 18.6 Å². The van der Waals surface area contributed by atoms with E-state index in [9.17, 15) is 19.1 Å². The third-order valence-corrected chi connectivity index (χ3v) is 3.83. The highest BCUT2D eigenvalue weighted by Gasteiger charge is 2.35. The summed E-state index contributed by atoms with van der Waals surface area (Å²) in [5, 5.41) is 9.90. The molecule has 2 aromatic rings. The second-order valence-corrected chi connectivity index (χ2v) is 5.36. The van der Waals surface area contributed by atoms with Crippen molar-refractivity contribution in [3.05, 3.63) is 69.9 Å². The zero-order valence-corrected chi connectivity index (χ0v) is 11.7. The fraction of sp³-hybridized carbons (Fsp3) is 0.250. The average Bonchev–Trinajstić information content (AvgIpc) is 2.90. The summed E-state index contributed by atoms with van der Waals surface area (Å²) in [7, 11) is 0. The maximum atomic E-state index is 13.0. The number of benzene rings is 1. The highest BCUT2D eigenvalue weighted by Crippen LogP contribution is 2.33. The number of amides is 1. The number of H-pyrrole nitrogens is 1. The molecule has 0 radical (unpaired) electrons. The zero-order chi connectivity index (χ0) is 15.7. The molecule has 2 atom stereocenters. The van der Waals surface area contributed by atoms with Gasteiger partial charge in [0.1, 0.15) is 5.82 Å². The van der Waals surface area contributed by atoms with Crippen LogP contribution in [0.25, 0.3) is 0 Å². The van der Waals surface area contributed by atoms with Crippen LogP contribution < -0.4 is 5.56 Å². The Morgan fingerprint density at radius 3 is 2.59 bits per heavy atom. The predicted octanol–water partition coefficient (Wildman–Crippen LogP) is 1.46. The Kier molecular flexibility index (Phi) is 3.77. The molecule has 0 aliphatic carbocycles. The Bertz CT molecular complexity index is 721. The first-order valence-corrected chi connectivity index (χ1v) is 6.98. The van der Waals surface area contributed by atoms with Crippen LogP contribution in [-0.4, -0.2) is 33.5 Å². The lowest BCUT2D eigenvalue weighted by molar-refractivity contribution is 0.0715. The van der Waals surface area contributed by atoms with E-state index >= 15 is 0 Å². The Morgan fingerprint density at radius 1 is 1.23 bits per heavy atom. The van der Waals surface area contributed by atoms with E-state index in [4.69, 9.17) is 0 Å². The number of aromatic nitrogens is 1. The molecule has 1 aromatic heterocycles. The summed E-state index contributed by atoms with van der Waals surface area (Å²) >= 11 is 0. The number of hydrogen-bond donors (Lipinski definition) is 2. The number of aliphatic hydroxyl groups is 1. The number of carbonyl (C=O) groups is 1.